The third-order valence-corrected chi connectivity index (χ3v) is 7.39. The van der Waals surface area contributed by atoms with Crippen LogP contribution in [0.25, 0.3) is 22.3 Å². The van der Waals surface area contributed by atoms with Crippen molar-refractivity contribution in [1.29, 1.82) is 0 Å². The lowest BCUT2D eigenvalue weighted by Gasteiger charge is -2.13. The molecule has 0 fully saturated rings. The number of aromatic amines is 1. The van der Waals surface area contributed by atoms with Crippen LogP contribution in [-0.4, -0.2) is 31.0 Å². The number of aromatic nitrogens is 5. The monoisotopic (exact) mass is 603 g/mol. The van der Waals surface area contributed by atoms with Crippen LogP contribution in [0.5, 0.6) is 5.75 Å². The van der Waals surface area contributed by atoms with Gasteiger partial charge in [0.2, 0.25) is 0 Å². The molecule has 6 rings (SSSR count). The van der Waals surface area contributed by atoms with Gasteiger partial charge in [-0.05, 0) is 41.5 Å². The fraction of sp³-hybridized carbons (Fsp3) is 0.156. The highest BCUT2D eigenvalue weighted by Crippen LogP contribution is 2.32. The van der Waals surface area contributed by atoms with E-state index in [1.54, 1.807) is 49.7 Å². The third-order valence-electron chi connectivity index (χ3n) is 7.39. The Hall–Kier alpha value is -5.39. The van der Waals surface area contributed by atoms with Crippen molar-refractivity contribution in [3.05, 3.63) is 140 Å². The van der Waals surface area contributed by atoms with E-state index in [0.717, 1.165) is 16.2 Å². The number of rotatable bonds is 8. The number of nitrogens with zero attached hydrogens (tertiary/aromatic N) is 4. The largest absolute Gasteiger partial charge is 0.497 e. The highest BCUT2D eigenvalue weighted by molar-refractivity contribution is 5.82. The first kappa shape index (κ1) is 28.7. The van der Waals surface area contributed by atoms with Gasteiger partial charge >= 0.3 is 11.9 Å². The molecule has 0 saturated carbocycles. The van der Waals surface area contributed by atoms with E-state index in [4.69, 9.17) is 4.74 Å². The molecule has 3 aromatic heterocycles. The molecule has 1 N–H and O–H groups in total. The molecule has 0 spiro atoms. The molecule has 44 heavy (non-hydrogen) atoms. The van der Waals surface area contributed by atoms with Gasteiger partial charge in [0.05, 0.1) is 49.7 Å². The zero-order valence-corrected chi connectivity index (χ0v) is 23.3. The maximum atomic E-state index is 14.5. The van der Waals surface area contributed by atoms with Crippen LogP contribution in [0.15, 0.2) is 101 Å². The van der Waals surface area contributed by atoms with E-state index in [2.05, 4.69) is 10.1 Å². The number of hydrogen-bond acceptors (Lipinski definition) is 4. The number of methoxy groups -OCH3 is 1. The topological polar surface area (TPSA) is 86.8 Å². The van der Waals surface area contributed by atoms with Gasteiger partial charge in [0.25, 0.3) is 5.56 Å². The average Bonchev–Trinajstić information content (AvgIpc) is 3.66. The Labute approximate surface area is 247 Å². The zero-order chi connectivity index (χ0) is 31.0. The van der Waals surface area contributed by atoms with Crippen LogP contribution in [-0.2, 0) is 25.8 Å². The molecular formula is C32H25F4N5O3. The van der Waals surface area contributed by atoms with Crippen molar-refractivity contribution in [2.45, 2.75) is 25.8 Å². The number of hydrogen-bond donors (Lipinski definition) is 1. The number of nitrogens with one attached hydrogen (secondary N) is 1. The molecule has 0 aliphatic rings. The normalized spacial score (nSPS) is 11.8. The van der Waals surface area contributed by atoms with Crippen LogP contribution >= 0.6 is 0 Å². The number of benzene rings is 3. The molecule has 3 heterocycles. The summed E-state index contributed by atoms with van der Waals surface area (Å²) in [6, 6.07) is 19.9. The molecule has 0 aliphatic heterocycles. The van der Waals surface area contributed by atoms with Crippen LogP contribution in [0.3, 0.4) is 0 Å². The minimum atomic E-state index is -4.51. The van der Waals surface area contributed by atoms with E-state index in [9.17, 15) is 27.2 Å². The van der Waals surface area contributed by atoms with Gasteiger partial charge in [-0.2, -0.15) is 18.3 Å². The summed E-state index contributed by atoms with van der Waals surface area (Å²) in [6.07, 6.45) is -1.49. The maximum absolute atomic E-state index is 14.5. The highest BCUT2D eigenvalue weighted by atomic mass is 19.4. The molecule has 12 heteroatoms. The molecular weight excluding hydrogens is 578 g/mol. The lowest BCUT2D eigenvalue weighted by molar-refractivity contribution is -0.138. The Bertz CT molecular complexity index is 2090. The molecule has 224 valence electrons. The average molecular weight is 604 g/mol. The van der Waals surface area contributed by atoms with Gasteiger partial charge < -0.3 is 9.72 Å². The molecule has 0 aliphatic carbocycles. The minimum Gasteiger partial charge on any atom is -0.497 e. The van der Waals surface area contributed by atoms with E-state index in [-0.39, 0.29) is 36.3 Å². The fourth-order valence-corrected chi connectivity index (χ4v) is 5.15. The van der Waals surface area contributed by atoms with Gasteiger partial charge in [-0.15, -0.1) is 0 Å². The van der Waals surface area contributed by atoms with E-state index >= 15 is 0 Å². The van der Waals surface area contributed by atoms with Gasteiger partial charge in [-0.25, -0.2) is 9.18 Å². The summed E-state index contributed by atoms with van der Waals surface area (Å²) in [7, 11) is 1.54. The zero-order valence-electron chi connectivity index (χ0n) is 23.3. The molecule has 0 amide bonds. The summed E-state index contributed by atoms with van der Waals surface area (Å²) in [5.74, 6) is 0.0850. The van der Waals surface area contributed by atoms with Gasteiger partial charge in [-0.3, -0.25) is 18.6 Å². The lowest BCUT2D eigenvalue weighted by atomic mass is 10.1. The summed E-state index contributed by atoms with van der Waals surface area (Å²) in [6.45, 7) is -0.316. The summed E-state index contributed by atoms with van der Waals surface area (Å²) < 4.78 is 64.1. The van der Waals surface area contributed by atoms with Gasteiger partial charge in [0.15, 0.2) is 0 Å². The third kappa shape index (κ3) is 5.53. The predicted molar refractivity (Wildman–Crippen MR) is 156 cm³/mol. The first-order valence-electron chi connectivity index (χ1n) is 13.5. The molecule has 3 aromatic carbocycles. The molecule has 0 atom stereocenters. The lowest BCUT2D eigenvalue weighted by Crippen LogP contribution is -2.40. The Kier molecular flexibility index (Phi) is 7.41. The van der Waals surface area contributed by atoms with Crippen LogP contribution in [0, 0.1) is 5.82 Å². The first-order valence-corrected chi connectivity index (χ1v) is 13.5. The van der Waals surface area contributed by atoms with Crippen molar-refractivity contribution < 1.29 is 22.3 Å². The second-order valence-corrected chi connectivity index (χ2v) is 10.2. The number of alkyl halides is 3. The molecule has 6 aromatic rings. The van der Waals surface area contributed by atoms with Gasteiger partial charge in [0, 0.05) is 17.3 Å². The second-order valence-electron chi connectivity index (χ2n) is 10.2. The van der Waals surface area contributed by atoms with Crippen molar-refractivity contribution in [3.63, 3.8) is 0 Å². The van der Waals surface area contributed by atoms with Crippen molar-refractivity contribution in [1.82, 2.24) is 23.9 Å². The SMILES string of the molecule is COc1ccc(Cn2c(=O)n(Cc3ccccc3F)c(=O)c3[nH]c(-c4cnn(Cc5ccccc5C(F)(F)F)c4)cc32)cc1. The van der Waals surface area contributed by atoms with E-state index in [0.29, 0.717) is 22.5 Å². The molecule has 0 saturated heterocycles. The number of H-pyrrole nitrogens is 1. The highest BCUT2D eigenvalue weighted by Gasteiger charge is 2.33. The molecule has 0 unspecified atom stereocenters. The maximum Gasteiger partial charge on any atom is 0.416 e. The van der Waals surface area contributed by atoms with Crippen LogP contribution in [0.1, 0.15) is 22.3 Å². The van der Waals surface area contributed by atoms with Gasteiger partial charge in [0.1, 0.15) is 17.1 Å². The van der Waals surface area contributed by atoms with Crippen LogP contribution < -0.4 is 16.0 Å². The van der Waals surface area contributed by atoms with Crippen LogP contribution in [0.4, 0.5) is 17.6 Å². The standard InChI is InChI=1S/C32H25F4N5O3/c1-44-24-12-10-20(11-13-24)16-40-28-14-27(23-15-37-39(18-23)17-21-6-2-4-8-25(21)32(34,35)36)38-29(28)30(42)41(31(40)43)19-22-7-3-5-9-26(22)33/h2-15,18,38H,16-17,19H2,1H3. The number of halogens is 4. The molecule has 0 radical (unpaired) electrons. The Morgan fingerprint density at radius 2 is 1.57 bits per heavy atom. The Balaban J connectivity index is 1.43. The summed E-state index contributed by atoms with van der Waals surface area (Å²) in [5, 5.41) is 4.23. The Morgan fingerprint density at radius 3 is 2.27 bits per heavy atom. The number of fused-ring (bicyclic) bond motifs is 1. The van der Waals surface area contributed by atoms with Crippen molar-refractivity contribution in [2.75, 3.05) is 7.11 Å². The van der Waals surface area contributed by atoms with E-state index in [1.165, 1.54) is 51.8 Å². The predicted octanol–water partition coefficient (Wildman–Crippen LogP) is 5.67. The number of ether oxygens (including phenoxy) is 1. The summed E-state index contributed by atoms with van der Waals surface area (Å²) in [4.78, 5) is 30.5. The quantitative estimate of drug-likeness (QED) is 0.227. The van der Waals surface area contributed by atoms with E-state index in [1.807, 2.05) is 0 Å². The van der Waals surface area contributed by atoms with Crippen molar-refractivity contribution in [2.24, 2.45) is 0 Å². The summed E-state index contributed by atoms with van der Waals surface area (Å²) >= 11 is 0. The first-order chi connectivity index (χ1) is 21.1. The second kappa shape index (κ2) is 11.4. The smallest absolute Gasteiger partial charge is 0.416 e. The van der Waals surface area contributed by atoms with E-state index < -0.39 is 28.8 Å². The summed E-state index contributed by atoms with van der Waals surface area (Å²) in [5.41, 5.74) is 0.303. The fourth-order valence-electron chi connectivity index (χ4n) is 5.15. The van der Waals surface area contributed by atoms with Gasteiger partial charge in [-0.1, -0.05) is 48.5 Å². The van der Waals surface area contributed by atoms with Crippen molar-refractivity contribution in [3.8, 4) is 17.0 Å². The minimum absolute atomic E-state index is 0.0515. The van der Waals surface area contributed by atoms with Crippen LogP contribution in [0.2, 0.25) is 0 Å². The molecule has 8 nitrogen and oxygen atoms in total. The molecule has 0 bridgehead atoms. The van der Waals surface area contributed by atoms with Crippen molar-refractivity contribution >= 4 is 11.0 Å². The Morgan fingerprint density at radius 1 is 0.864 bits per heavy atom.